The molecule has 0 unspecified atom stereocenters. The van der Waals surface area contributed by atoms with Crippen LogP contribution in [0.4, 0.5) is 14.2 Å². The van der Waals surface area contributed by atoms with E-state index in [0.29, 0.717) is 11.2 Å². The van der Waals surface area contributed by atoms with Crippen LogP contribution in [0.2, 0.25) is 0 Å². The summed E-state index contributed by atoms with van der Waals surface area (Å²) < 4.78 is 15.8. The van der Waals surface area contributed by atoms with Gasteiger partial charge in [0.05, 0.1) is 10.5 Å². The molecule has 0 radical (unpaired) electrons. The number of rotatable bonds is 2. The number of halogens is 1. The van der Waals surface area contributed by atoms with Crippen molar-refractivity contribution in [1.82, 2.24) is 9.78 Å². The van der Waals surface area contributed by atoms with Crippen molar-refractivity contribution < 1.29 is 9.18 Å². The highest BCUT2D eigenvalue weighted by molar-refractivity contribution is 7.22. The van der Waals surface area contributed by atoms with Crippen LogP contribution in [-0.4, -0.2) is 15.8 Å². The number of carbonyl (C=O) groups is 1. The van der Waals surface area contributed by atoms with Crippen molar-refractivity contribution in [3.05, 3.63) is 84.7 Å². The second kappa shape index (κ2) is 6.58. The van der Waals surface area contributed by atoms with Crippen molar-refractivity contribution in [2.45, 2.75) is 0 Å². The lowest BCUT2D eigenvalue weighted by atomic mass is 10.1. The molecule has 6 heteroatoms. The van der Waals surface area contributed by atoms with Gasteiger partial charge in [0, 0.05) is 15.6 Å². The number of benzene rings is 3. The van der Waals surface area contributed by atoms with Crippen molar-refractivity contribution in [3.8, 4) is 11.3 Å². The number of fused-ring (bicyclic) bond motifs is 2. The zero-order valence-corrected chi connectivity index (χ0v) is 15.4. The van der Waals surface area contributed by atoms with Crippen LogP contribution in [0.5, 0.6) is 0 Å². The number of nitrogens with one attached hydrogen (secondary N) is 1. The van der Waals surface area contributed by atoms with Crippen LogP contribution in [-0.2, 0) is 0 Å². The number of para-hydroxylation sites is 1. The maximum absolute atomic E-state index is 13.3. The summed E-state index contributed by atoms with van der Waals surface area (Å²) >= 11 is 1.52. The fourth-order valence-corrected chi connectivity index (χ4v) is 4.20. The Bertz CT molecular complexity index is 1290. The van der Waals surface area contributed by atoms with E-state index in [4.69, 9.17) is 0 Å². The predicted molar refractivity (Wildman–Crippen MR) is 111 cm³/mol. The van der Waals surface area contributed by atoms with Crippen molar-refractivity contribution in [1.29, 1.82) is 0 Å². The molecule has 136 valence electrons. The molecular formula is C22H14FN3OS. The first-order valence-corrected chi connectivity index (χ1v) is 9.54. The molecule has 0 saturated carbocycles. The Labute approximate surface area is 163 Å². The first-order chi connectivity index (χ1) is 13.7. The quantitative estimate of drug-likeness (QED) is 0.396. The third-order valence-electron chi connectivity index (χ3n) is 4.55. The fourth-order valence-electron chi connectivity index (χ4n) is 3.24. The second-order valence-corrected chi connectivity index (χ2v) is 7.45. The van der Waals surface area contributed by atoms with E-state index in [0.717, 1.165) is 26.0 Å². The summed E-state index contributed by atoms with van der Waals surface area (Å²) in [5, 5.41) is 10.1. The molecule has 0 saturated heterocycles. The lowest BCUT2D eigenvalue weighted by molar-refractivity contribution is 0.252. The van der Waals surface area contributed by atoms with E-state index in [1.54, 1.807) is 12.1 Å². The van der Waals surface area contributed by atoms with E-state index >= 15 is 0 Å². The first kappa shape index (κ1) is 16.6. The zero-order chi connectivity index (χ0) is 19.1. The number of aromatic nitrogens is 2. The molecule has 0 aliphatic rings. The van der Waals surface area contributed by atoms with Crippen LogP contribution in [0.3, 0.4) is 0 Å². The molecule has 28 heavy (non-hydrogen) atoms. The van der Waals surface area contributed by atoms with Crippen molar-refractivity contribution >= 4 is 43.4 Å². The number of hydrogen-bond acceptors (Lipinski definition) is 3. The Kier molecular flexibility index (Phi) is 3.91. The molecule has 1 amide bonds. The Morgan fingerprint density at radius 1 is 0.964 bits per heavy atom. The Morgan fingerprint density at radius 2 is 1.71 bits per heavy atom. The van der Waals surface area contributed by atoms with Crippen LogP contribution in [0.15, 0.2) is 78.9 Å². The van der Waals surface area contributed by atoms with Crippen molar-refractivity contribution in [2.75, 3.05) is 5.32 Å². The van der Waals surface area contributed by atoms with Gasteiger partial charge in [0.1, 0.15) is 11.5 Å². The fraction of sp³-hybridized carbons (Fsp3) is 0. The normalized spacial score (nSPS) is 11.2. The van der Waals surface area contributed by atoms with Gasteiger partial charge in [-0.3, -0.25) is 5.32 Å². The number of anilines is 1. The zero-order valence-electron chi connectivity index (χ0n) is 14.6. The minimum absolute atomic E-state index is 0.310. The lowest BCUT2D eigenvalue weighted by Gasteiger charge is -2.03. The molecule has 5 aromatic rings. The topological polar surface area (TPSA) is 46.9 Å². The van der Waals surface area contributed by atoms with Gasteiger partial charge >= 0.3 is 6.03 Å². The van der Waals surface area contributed by atoms with Gasteiger partial charge in [-0.25, -0.2) is 9.18 Å². The molecule has 0 aliphatic heterocycles. The molecule has 0 bridgehead atoms. The number of nitrogens with zero attached hydrogens (tertiary/aromatic N) is 2. The number of thiophene rings is 1. The van der Waals surface area contributed by atoms with E-state index in [9.17, 15) is 9.18 Å². The van der Waals surface area contributed by atoms with Crippen LogP contribution < -0.4 is 5.32 Å². The smallest absolute Gasteiger partial charge is 0.297 e. The summed E-state index contributed by atoms with van der Waals surface area (Å²) in [5.41, 5.74) is 2.09. The monoisotopic (exact) mass is 387 g/mol. The molecule has 4 nitrogen and oxygen atoms in total. The van der Waals surface area contributed by atoms with E-state index in [1.165, 1.54) is 28.2 Å². The molecule has 0 aliphatic carbocycles. The third kappa shape index (κ3) is 2.84. The number of hydrogen-bond donors (Lipinski definition) is 1. The molecule has 5 rings (SSSR count). The Hall–Kier alpha value is -3.51. The molecule has 2 heterocycles. The number of amides is 1. The lowest BCUT2D eigenvalue weighted by Crippen LogP contribution is -2.20. The molecule has 1 N–H and O–H groups in total. The molecule has 0 spiro atoms. The Morgan fingerprint density at radius 3 is 2.54 bits per heavy atom. The summed E-state index contributed by atoms with van der Waals surface area (Å²) in [4.78, 5) is 12.9. The summed E-state index contributed by atoms with van der Waals surface area (Å²) in [6, 6.07) is 23.2. The summed E-state index contributed by atoms with van der Waals surface area (Å²) in [5.74, 6) is -0.310. The molecule has 2 aromatic heterocycles. The predicted octanol–water partition coefficient (Wildman–Crippen LogP) is 6.14. The molecule has 0 fully saturated rings. The van der Waals surface area contributed by atoms with E-state index in [1.807, 2.05) is 54.6 Å². The minimum atomic E-state index is -0.337. The van der Waals surface area contributed by atoms with Gasteiger partial charge < -0.3 is 0 Å². The number of carbonyl (C=O) groups excluding carboxylic acids is 1. The van der Waals surface area contributed by atoms with Crippen LogP contribution in [0.1, 0.15) is 0 Å². The highest BCUT2D eigenvalue weighted by atomic mass is 32.1. The van der Waals surface area contributed by atoms with Crippen LogP contribution in [0.25, 0.3) is 32.2 Å². The van der Waals surface area contributed by atoms with Gasteiger partial charge in [-0.15, -0.1) is 11.3 Å². The van der Waals surface area contributed by atoms with Gasteiger partial charge in [0.25, 0.3) is 0 Å². The molecule has 0 atom stereocenters. The van der Waals surface area contributed by atoms with Crippen molar-refractivity contribution in [3.63, 3.8) is 0 Å². The van der Waals surface area contributed by atoms with Gasteiger partial charge in [0.2, 0.25) is 0 Å². The SMILES string of the molecule is O=C(Nc1cc2ccccc2s1)n1nc(-c2ccc(F)cc2)c2ccccc21. The van der Waals surface area contributed by atoms with Gasteiger partial charge in [0.15, 0.2) is 0 Å². The van der Waals surface area contributed by atoms with E-state index in [2.05, 4.69) is 10.4 Å². The minimum Gasteiger partial charge on any atom is -0.297 e. The largest absolute Gasteiger partial charge is 0.347 e. The van der Waals surface area contributed by atoms with Gasteiger partial charge in [-0.05, 0) is 47.9 Å². The summed E-state index contributed by atoms with van der Waals surface area (Å²) in [6.45, 7) is 0. The standard InChI is InChI=1S/C22H14FN3OS/c23-16-11-9-14(10-12-16)21-17-6-2-3-7-18(17)26(25-21)22(27)24-20-13-15-5-1-4-8-19(15)28-20/h1-13H,(H,24,27). The molecule has 3 aromatic carbocycles. The average molecular weight is 387 g/mol. The van der Waals surface area contributed by atoms with Gasteiger partial charge in [-0.2, -0.15) is 9.78 Å². The van der Waals surface area contributed by atoms with Crippen molar-refractivity contribution in [2.24, 2.45) is 0 Å². The average Bonchev–Trinajstić information content (AvgIpc) is 3.29. The maximum Gasteiger partial charge on any atom is 0.347 e. The second-order valence-electron chi connectivity index (χ2n) is 6.36. The van der Waals surface area contributed by atoms with Crippen LogP contribution in [0, 0.1) is 5.82 Å². The molecular weight excluding hydrogens is 373 g/mol. The highest BCUT2D eigenvalue weighted by Crippen LogP contribution is 2.31. The van der Waals surface area contributed by atoms with E-state index in [-0.39, 0.29) is 11.8 Å². The third-order valence-corrected chi connectivity index (χ3v) is 5.58. The summed E-state index contributed by atoms with van der Waals surface area (Å²) in [7, 11) is 0. The van der Waals surface area contributed by atoms with E-state index < -0.39 is 0 Å². The highest BCUT2D eigenvalue weighted by Gasteiger charge is 2.17. The van der Waals surface area contributed by atoms with Crippen LogP contribution >= 0.6 is 11.3 Å². The Balaban J connectivity index is 1.56. The maximum atomic E-state index is 13.3. The first-order valence-electron chi connectivity index (χ1n) is 8.73. The van der Waals surface area contributed by atoms with Gasteiger partial charge in [-0.1, -0.05) is 36.4 Å². The summed E-state index contributed by atoms with van der Waals surface area (Å²) in [6.07, 6.45) is 0.